The Labute approximate surface area is 86.1 Å². The lowest BCUT2D eigenvalue weighted by Crippen LogP contribution is -2.33. The average Bonchev–Trinajstić information content (AvgIpc) is 2.11. The first-order chi connectivity index (χ1) is 6.45. The second-order valence-electron chi connectivity index (χ2n) is 3.95. The van der Waals surface area contributed by atoms with Crippen LogP contribution < -0.4 is 5.73 Å². The molecule has 1 rings (SSSR count). The minimum absolute atomic E-state index is 0.731. The van der Waals surface area contributed by atoms with Gasteiger partial charge in [-0.3, -0.25) is 4.79 Å². The molecule has 4 heteroatoms. The smallest absolute Gasteiger partial charge is 0.320 e. The normalized spacial score (nSPS) is 24.7. The highest BCUT2D eigenvalue weighted by atomic mass is 16.4. The van der Waals surface area contributed by atoms with Gasteiger partial charge in [-0.2, -0.15) is 0 Å². The predicted molar refractivity (Wildman–Crippen MR) is 57.2 cm³/mol. The van der Waals surface area contributed by atoms with Crippen molar-refractivity contribution in [2.24, 2.45) is 5.73 Å². The summed E-state index contributed by atoms with van der Waals surface area (Å²) in [6.45, 7) is 5.03. The van der Waals surface area contributed by atoms with Crippen molar-refractivity contribution in [2.75, 3.05) is 13.6 Å². The van der Waals surface area contributed by atoms with Crippen molar-refractivity contribution in [3.8, 4) is 0 Å². The lowest BCUT2D eigenvalue weighted by atomic mass is 10.1. The Bertz CT molecular complexity index is 162. The first-order valence-corrected chi connectivity index (χ1v) is 5.13. The van der Waals surface area contributed by atoms with E-state index in [2.05, 4.69) is 18.9 Å². The summed E-state index contributed by atoms with van der Waals surface area (Å²) in [5.41, 5.74) is 4.84. The van der Waals surface area contributed by atoms with E-state index in [1.54, 1.807) is 0 Å². The Hall–Kier alpha value is -0.610. The Morgan fingerprint density at radius 1 is 1.57 bits per heavy atom. The molecular formula is C10H22N2O2. The van der Waals surface area contributed by atoms with Crippen LogP contribution in [0, 0.1) is 0 Å². The van der Waals surface area contributed by atoms with Crippen LogP contribution in [-0.2, 0) is 4.79 Å². The van der Waals surface area contributed by atoms with Crippen LogP contribution in [-0.4, -0.2) is 41.7 Å². The van der Waals surface area contributed by atoms with Crippen molar-refractivity contribution in [3.05, 3.63) is 0 Å². The van der Waals surface area contributed by atoms with Gasteiger partial charge in [0.15, 0.2) is 0 Å². The average molecular weight is 202 g/mol. The van der Waals surface area contributed by atoms with Gasteiger partial charge in [-0.1, -0.05) is 6.42 Å². The molecule has 0 saturated carbocycles. The highest BCUT2D eigenvalue weighted by molar-refractivity contribution is 5.72. The molecule has 2 atom stereocenters. The van der Waals surface area contributed by atoms with E-state index in [0.717, 1.165) is 6.04 Å². The van der Waals surface area contributed by atoms with Crippen LogP contribution in [0.4, 0.5) is 0 Å². The van der Waals surface area contributed by atoms with Gasteiger partial charge in [0.2, 0.25) is 0 Å². The maximum absolute atomic E-state index is 9.57. The Balaban J connectivity index is 0.000000255. The van der Waals surface area contributed by atoms with Gasteiger partial charge in [0.05, 0.1) is 0 Å². The van der Waals surface area contributed by atoms with Crippen molar-refractivity contribution >= 4 is 5.97 Å². The molecule has 14 heavy (non-hydrogen) atoms. The number of nitrogens with two attached hydrogens (primary N) is 1. The predicted octanol–water partition coefficient (Wildman–Crippen LogP) is 0.909. The van der Waals surface area contributed by atoms with E-state index in [9.17, 15) is 4.79 Å². The minimum atomic E-state index is -0.963. The number of hydrogen-bond acceptors (Lipinski definition) is 3. The van der Waals surface area contributed by atoms with Gasteiger partial charge in [-0.25, -0.2) is 0 Å². The molecule has 0 spiro atoms. The second-order valence-corrected chi connectivity index (χ2v) is 3.95. The largest absolute Gasteiger partial charge is 0.480 e. The van der Waals surface area contributed by atoms with Gasteiger partial charge >= 0.3 is 5.97 Å². The lowest BCUT2D eigenvalue weighted by Gasteiger charge is -2.29. The molecule has 0 radical (unpaired) electrons. The summed E-state index contributed by atoms with van der Waals surface area (Å²) in [5, 5.41) is 7.87. The summed E-state index contributed by atoms with van der Waals surface area (Å²) >= 11 is 0. The fourth-order valence-electron chi connectivity index (χ4n) is 1.24. The van der Waals surface area contributed by atoms with Crippen LogP contribution in [0.25, 0.3) is 0 Å². The molecular weight excluding hydrogens is 180 g/mol. The van der Waals surface area contributed by atoms with Crippen molar-refractivity contribution in [3.63, 3.8) is 0 Å². The lowest BCUT2D eigenvalue weighted by molar-refractivity contribution is -0.138. The Morgan fingerprint density at radius 3 is 2.29 bits per heavy atom. The van der Waals surface area contributed by atoms with E-state index in [4.69, 9.17) is 10.8 Å². The van der Waals surface area contributed by atoms with E-state index >= 15 is 0 Å². The molecule has 84 valence electrons. The van der Waals surface area contributed by atoms with Crippen LogP contribution in [0.2, 0.25) is 0 Å². The van der Waals surface area contributed by atoms with Gasteiger partial charge < -0.3 is 15.7 Å². The molecule has 1 aliphatic heterocycles. The summed E-state index contributed by atoms with van der Waals surface area (Å²) in [7, 11) is 2.21. The third kappa shape index (κ3) is 5.94. The van der Waals surface area contributed by atoms with Crippen molar-refractivity contribution < 1.29 is 9.90 Å². The number of nitrogens with zero attached hydrogens (tertiary/aromatic N) is 1. The molecule has 1 heterocycles. The van der Waals surface area contributed by atoms with E-state index in [0.29, 0.717) is 0 Å². The fourth-order valence-corrected chi connectivity index (χ4v) is 1.24. The van der Waals surface area contributed by atoms with E-state index in [1.165, 1.54) is 32.7 Å². The monoisotopic (exact) mass is 202 g/mol. The summed E-state index contributed by atoms with van der Waals surface area (Å²) in [4.78, 5) is 12.0. The topological polar surface area (TPSA) is 66.6 Å². The number of piperidine rings is 1. The van der Waals surface area contributed by atoms with E-state index in [1.807, 2.05) is 0 Å². The van der Waals surface area contributed by atoms with Crippen LogP contribution in [0.5, 0.6) is 0 Å². The third-order valence-electron chi connectivity index (χ3n) is 2.52. The molecule has 1 aliphatic rings. The molecule has 0 aromatic carbocycles. The molecule has 0 aromatic heterocycles. The first kappa shape index (κ1) is 13.4. The summed E-state index contributed by atoms with van der Waals surface area (Å²) in [6, 6.07) is 0.105. The third-order valence-corrected chi connectivity index (χ3v) is 2.52. The molecule has 0 amide bonds. The number of carboxylic acids is 1. The van der Waals surface area contributed by atoms with Crippen LogP contribution >= 0.6 is 0 Å². The number of likely N-dealkylation sites (tertiary alicyclic amines) is 1. The van der Waals surface area contributed by atoms with Gasteiger partial charge in [0.25, 0.3) is 0 Å². The van der Waals surface area contributed by atoms with Crippen molar-refractivity contribution in [1.29, 1.82) is 0 Å². The first-order valence-electron chi connectivity index (χ1n) is 5.13. The van der Waals surface area contributed by atoms with E-state index < -0.39 is 12.0 Å². The van der Waals surface area contributed by atoms with Gasteiger partial charge in [0, 0.05) is 6.04 Å². The second kappa shape index (κ2) is 6.79. The molecule has 1 fully saturated rings. The van der Waals surface area contributed by atoms with Crippen molar-refractivity contribution in [2.45, 2.75) is 45.2 Å². The van der Waals surface area contributed by atoms with Gasteiger partial charge in [-0.05, 0) is 40.3 Å². The summed E-state index contributed by atoms with van der Waals surface area (Å²) in [5.74, 6) is -0.963. The summed E-state index contributed by atoms with van der Waals surface area (Å²) < 4.78 is 0. The van der Waals surface area contributed by atoms with Crippen LogP contribution in [0.1, 0.15) is 33.1 Å². The SMILES string of the molecule is CC1CCCCN1C.C[C@H](N)C(=O)O. The molecule has 0 bridgehead atoms. The Kier molecular flexibility index (Phi) is 6.49. The quantitative estimate of drug-likeness (QED) is 0.663. The maximum atomic E-state index is 9.57. The molecule has 4 nitrogen and oxygen atoms in total. The number of aliphatic carboxylic acids is 1. The zero-order chi connectivity index (χ0) is 11.1. The summed E-state index contributed by atoms with van der Waals surface area (Å²) in [6.07, 6.45) is 4.24. The molecule has 3 N–H and O–H groups in total. The van der Waals surface area contributed by atoms with Crippen molar-refractivity contribution in [1.82, 2.24) is 4.90 Å². The molecule has 1 unspecified atom stereocenters. The standard InChI is InChI=1S/C7H15N.C3H7NO2/c1-7-5-3-4-6-8(7)2;1-2(4)3(5)6/h7H,3-6H2,1-2H3;2H,4H2,1H3,(H,5,6)/t;2-/m.0/s1. The van der Waals surface area contributed by atoms with Gasteiger partial charge in [0.1, 0.15) is 6.04 Å². The Morgan fingerprint density at radius 2 is 2.07 bits per heavy atom. The number of hydrogen-bond donors (Lipinski definition) is 2. The highest BCUT2D eigenvalue weighted by Gasteiger charge is 2.12. The maximum Gasteiger partial charge on any atom is 0.320 e. The molecule has 0 aliphatic carbocycles. The van der Waals surface area contributed by atoms with Crippen LogP contribution in [0.3, 0.4) is 0 Å². The fraction of sp³-hybridized carbons (Fsp3) is 0.900. The minimum Gasteiger partial charge on any atom is -0.480 e. The van der Waals surface area contributed by atoms with E-state index in [-0.39, 0.29) is 0 Å². The van der Waals surface area contributed by atoms with Crippen LogP contribution in [0.15, 0.2) is 0 Å². The molecule has 1 saturated heterocycles. The number of carboxylic acid groups (broad SMARTS) is 1. The number of rotatable bonds is 1. The number of carbonyl (C=O) groups is 1. The molecule has 0 aromatic rings. The zero-order valence-corrected chi connectivity index (χ0v) is 9.36. The zero-order valence-electron chi connectivity index (χ0n) is 9.36. The van der Waals surface area contributed by atoms with Gasteiger partial charge in [-0.15, -0.1) is 0 Å². The highest BCUT2D eigenvalue weighted by Crippen LogP contribution is 2.13.